The van der Waals surface area contributed by atoms with Crippen LogP contribution in [0.4, 0.5) is 0 Å². The first-order valence-electron chi connectivity index (χ1n) is 27.9. The first kappa shape index (κ1) is 66.4. The predicted octanol–water partition coefficient (Wildman–Crippen LogP) is 13.9. The smallest absolute Gasteiger partial charge is 0.335 e. The van der Waals surface area contributed by atoms with Crippen LogP contribution in [-0.2, 0) is 42.9 Å². The third kappa shape index (κ3) is 38.6. The van der Waals surface area contributed by atoms with Gasteiger partial charge in [-0.25, -0.2) is 4.79 Å². The fourth-order valence-corrected chi connectivity index (χ4v) is 7.67. The summed E-state index contributed by atoms with van der Waals surface area (Å²) in [6, 6.07) is 0. The molecule has 73 heavy (non-hydrogen) atoms. The number of carboxylic acids is 1. The van der Waals surface area contributed by atoms with Gasteiger partial charge >= 0.3 is 23.9 Å². The van der Waals surface area contributed by atoms with E-state index in [4.69, 9.17) is 23.7 Å². The predicted molar refractivity (Wildman–Crippen MR) is 294 cm³/mol. The summed E-state index contributed by atoms with van der Waals surface area (Å²) in [7, 11) is 0. The van der Waals surface area contributed by atoms with Crippen LogP contribution < -0.4 is 0 Å². The lowest BCUT2D eigenvalue weighted by molar-refractivity contribution is -0.301. The van der Waals surface area contributed by atoms with Crippen LogP contribution in [0.3, 0.4) is 0 Å². The molecule has 6 atom stereocenters. The lowest BCUT2D eigenvalue weighted by atomic mass is 9.98. The van der Waals surface area contributed by atoms with Crippen molar-refractivity contribution >= 4 is 23.9 Å². The van der Waals surface area contributed by atoms with Crippen molar-refractivity contribution in [1.82, 2.24) is 0 Å². The van der Waals surface area contributed by atoms with Gasteiger partial charge in [-0.05, 0) is 83.5 Å². The second kappa shape index (κ2) is 48.3. The fraction of sp³-hybridized carbons (Fsp3) is 0.639. The summed E-state index contributed by atoms with van der Waals surface area (Å²) in [5, 5.41) is 31.4. The minimum Gasteiger partial charge on any atom is -0.479 e. The summed E-state index contributed by atoms with van der Waals surface area (Å²) in [5.41, 5.74) is 0. The zero-order valence-electron chi connectivity index (χ0n) is 45.1. The van der Waals surface area contributed by atoms with Crippen molar-refractivity contribution in [3.05, 3.63) is 109 Å². The maximum atomic E-state index is 13.1. The minimum absolute atomic E-state index is 0.0443. The fourth-order valence-electron chi connectivity index (χ4n) is 7.67. The van der Waals surface area contributed by atoms with Gasteiger partial charge in [0, 0.05) is 12.8 Å². The van der Waals surface area contributed by atoms with E-state index in [0.717, 1.165) is 103 Å². The van der Waals surface area contributed by atoms with E-state index in [-0.39, 0.29) is 25.9 Å². The molecule has 0 aromatic rings. The second-order valence-corrected chi connectivity index (χ2v) is 18.5. The number of aliphatic hydroxyl groups excluding tert-OH is 2. The van der Waals surface area contributed by atoms with Crippen LogP contribution in [0.25, 0.3) is 0 Å². The highest BCUT2D eigenvalue weighted by Gasteiger charge is 2.50. The molecule has 1 aliphatic heterocycles. The number of ether oxygens (including phenoxy) is 5. The molecule has 1 saturated heterocycles. The van der Waals surface area contributed by atoms with E-state index in [1.54, 1.807) is 6.08 Å². The van der Waals surface area contributed by atoms with Crippen LogP contribution in [0.5, 0.6) is 0 Å². The van der Waals surface area contributed by atoms with E-state index in [1.165, 1.54) is 38.5 Å². The van der Waals surface area contributed by atoms with Gasteiger partial charge in [-0.2, -0.15) is 0 Å². The highest BCUT2D eigenvalue weighted by atomic mass is 16.7. The first-order valence-corrected chi connectivity index (χ1v) is 27.9. The molecule has 1 fully saturated rings. The Balaban J connectivity index is 2.79. The minimum atomic E-state index is -1.92. The number of carboxylic acid groups (broad SMARTS) is 1. The lowest BCUT2D eigenvalue weighted by Crippen LogP contribution is -2.61. The van der Waals surface area contributed by atoms with Gasteiger partial charge in [-0.15, -0.1) is 0 Å². The largest absolute Gasteiger partial charge is 0.479 e. The molecule has 412 valence electrons. The Labute approximate surface area is 440 Å². The van der Waals surface area contributed by atoms with E-state index < -0.39 is 67.3 Å². The Hall–Kier alpha value is -4.62. The molecule has 0 radical (unpaired) electrons. The van der Waals surface area contributed by atoms with Gasteiger partial charge in [0.25, 0.3) is 0 Å². The second-order valence-electron chi connectivity index (χ2n) is 18.5. The van der Waals surface area contributed by atoms with E-state index in [9.17, 15) is 34.5 Å². The van der Waals surface area contributed by atoms with E-state index >= 15 is 0 Å². The van der Waals surface area contributed by atoms with Crippen molar-refractivity contribution in [2.24, 2.45) is 0 Å². The Morgan fingerprint density at radius 3 is 1.38 bits per heavy atom. The standard InChI is InChI=1S/C61H96O12/c1-4-7-10-13-16-19-22-24-26-27-29-30-33-35-38-41-44-47-53(62)69-50-52(71-54(63)48-45-42-39-37-34-31-28-25-23-20-17-14-11-8-5-2)51-70-61-59(57(66)56(65)58(73-61)60(67)68)72-55(64)49-46-43-40-36-32-21-18-15-12-9-6-3/h7-8,10-11,16-17,19-20,24-26,28-30,34,37,42,45,52,56-59,61,65-66H,4-6,9,12-15,18,21-23,27,31-33,35-36,38-41,43-44,46-51H2,1-3H3,(H,67,68)/b10-7-,11-8-,19-16-,20-17-,26-24-,28-25-,30-29-,37-34-,45-42-. The monoisotopic (exact) mass is 1020 g/mol. The normalized spacial score (nSPS) is 19.2. The molecule has 0 saturated carbocycles. The molecule has 1 aliphatic rings. The van der Waals surface area contributed by atoms with Crippen molar-refractivity contribution in [3.8, 4) is 0 Å². The quantitative estimate of drug-likeness (QED) is 0.0228. The van der Waals surface area contributed by atoms with E-state index in [1.807, 2.05) is 18.2 Å². The number of carbonyl (C=O) groups is 4. The molecule has 1 heterocycles. The molecule has 1 rings (SSSR count). The molecule has 0 aromatic carbocycles. The summed E-state index contributed by atoms with van der Waals surface area (Å²) in [4.78, 5) is 50.9. The topological polar surface area (TPSA) is 175 Å². The van der Waals surface area contributed by atoms with Gasteiger partial charge in [0.15, 0.2) is 24.6 Å². The lowest BCUT2D eigenvalue weighted by Gasteiger charge is -2.40. The molecule has 0 bridgehead atoms. The van der Waals surface area contributed by atoms with Gasteiger partial charge in [0.05, 0.1) is 13.0 Å². The number of aliphatic carboxylic acids is 1. The van der Waals surface area contributed by atoms with Crippen LogP contribution in [0.15, 0.2) is 109 Å². The van der Waals surface area contributed by atoms with Crippen molar-refractivity contribution in [3.63, 3.8) is 0 Å². The Kier molecular flexibility index (Phi) is 44.0. The maximum Gasteiger partial charge on any atom is 0.335 e. The summed E-state index contributed by atoms with van der Waals surface area (Å²) < 4.78 is 28.2. The zero-order valence-corrected chi connectivity index (χ0v) is 45.1. The summed E-state index contributed by atoms with van der Waals surface area (Å²) in [6.45, 7) is 5.62. The number of allylic oxidation sites excluding steroid dienone is 17. The summed E-state index contributed by atoms with van der Waals surface area (Å²) >= 11 is 0. The highest BCUT2D eigenvalue weighted by molar-refractivity contribution is 5.74. The molecule has 0 aromatic heterocycles. The van der Waals surface area contributed by atoms with Crippen molar-refractivity contribution in [1.29, 1.82) is 0 Å². The average Bonchev–Trinajstić information content (AvgIpc) is 3.37. The van der Waals surface area contributed by atoms with Crippen LogP contribution in [0, 0.1) is 0 Å². The molecular weight excluding hydrogens is 925 g/mol. The van der Waals surface area contributed by atoms with Gasteiger partial charge in [-0.3, -0.25) is 14.4 Å². The Morgan fingerprint density at radius 2 is 0.904 bits per heavy atom. The van der Waals surface area contributed by atoms with Crippen LogP contribution in [0.2, 0.25) is 0 Å². The molecular formula is C61H96O12. The van der Waals surface area contributed by atoms with Crippen LogP contribution in [0.1, 0.15) is 201 Å². The summed E-state index contributed by atoms with van der Waals surface area (Å²) in [6.07, 6.45) is 52.4. The molecule has 12 nitrogen and oxygen atoms in total. The third-order valence-electron chi connectivity index (χ3n) is 11.9. The van der Waals surface area contributed by atoms with Gasteiger partial charge in [-0.1, -0.05) is 207 Å². The number of carbonyl (C=O) groups excluding carboxylic acids is 3. The van der Waals surface area contributed by atoms with Crippen molar-refractivity contribution in [2.45, 2.75) is 237 Å². The van der Waals surface area contributed by atoms with Crippen LogP contribution in [-0.4, -0.2) is 89.2 Å². The number of rotatable bonds is 45. The number of hydrogen-bond donors (Lipinski definition) is 3. The number of unbranched alkanes of at least 4 members (excludes halogenated alkanes) is 14. The third-order valence-corrected chi connectivity index (χ3v) is 11.9. The van der Waals surface area contributed by atoms with E-state index in [2.05, 4.69) is 106 Å². The molecule has 0 spiro atoms. The molecule has 6 unspecified atom stereocenters. The number of esters is 3. The molecule has 12 heteroatoms. The maximum absolute atomic E-state index is 13.1. The van der Waals surface area contributed by atoms with Gasteiger partial charge in [0.1, 0.15) is 18.8 Å². The van der Waals surface area contributed by atoms with Gasteiger partial charge in [0.2, 0.25) is 0 Å². The van der Waals surface area contributed by atoms with Gasteiger partial charge < -0.3 is 39.0 Å². The number of aliphatic hydroxyl groups is 2. The van der Waals surface area contributed by atoms with E-state index in [0.29, 0.717) is 19.3 Å². The summed E-state index contributed by atoms with van der Waals surface area (Å²) in [5.74, 6) is -3.33. The van der Waals surface area contributed by atoms with Crippen molar-refractivity contribution in [2.75, 3.05) is 13.2 Å². The SMILES string of the molecule is CC/C=C\C/C=C\C/C=C\C/C=C\C/C=C\CC(=O)OC(COC(=O)CCCCCC/C=C\C/C=C\C/C=C\C/C=C\CC)COC1OC(C(=O)O)C(O)C(O)C1OC(=O)CCCCCCCCCCCCC. The Bertz CT molecular complexity index is 1690. The molecule has 0 aliphatic carbocycles. The molecule has 3 N–H and O–H groups in total. The van der Waals surface area contributed by atoms with Crippen LogP contribution >= 0.6 is 0 Å². The molecule has 0 amide bonds. The zero-order chi connectivity index (χ0) is 53.3. The first-order chi connectivity index (χ1) is 35.6. The Morgan fingerprint density at radius 1 is 0.479 bits per heavy atom. The average molecular weight is 1020 g/mol. The van der Waals surface area contributed by atoms with Crippen molar-refractivity contribution < 1.29 is 58.2 Å². The highest BCUT2D eigenvalue weighted by Crippen LogP contribution is 2.26. The number of hydrogen-bond acceptors (Lipinski definition) is 11.